The zero-order valence-electron chi connectivity index (χ0n) is 22.0. The highest BCUT2D eigenvalue weighted by molar-refractivity contribution is 6.33. The first-order valence-electron chi connectivity index (χ1n) is 13.8. The van der Waals surface area contributed by atoms with Crippen LogP contribution in [0.2, 0.25) is 0 Å². The SMILES string of the molecule is c1ccc(-c2nc(-c3ccccc3)nc(-c3cccc(-n4c5cccc6c5c5c7c-6cccc7ccc54)c3)n2)cc1. The Morgan fingerprint density at radius 2 is 0.951 bits per heavy atom. The van der Waals surface area contributed by atoms with Crippen LogP contribution in [0, 0.1) is 0 Å². The Labute approximate surface area is 236 Å². The highest BCUT2D eigenvalue weighted by atomic mass is 15.0. The van der Waals surface area contributed by atoms with Crippen molar-refractivity contribution in [2.45, 2.75) is 0 Å². The summed E-state index contributed by atoms with van der Waals surface area (Å²) >= 11 is 0. The molecule has 0 saturated heterocycles. The van der Waals surface area contributed by atoms with Crippen LogP contribution in [0.1, 0.15) is 0 Å². The van der Waals surface area contributed by atoms with Crippen molar-refractivity contribution in [2.75, 3.05) is 0 Å². The third kappa shape index (κ3) is 3.25. The first-order valence-corrected chi connectivity index (χ1v) is 13.8. The third-order valence-electron chi connectivity index (χ3n) is 8.15. The van der Waals surface area contributed by atoms with Gasteiger partial charge < -0.3 is 4.57 Å². The molecule has 190 valence electrons. The second-order valence-electron chi connectivity index (χ2n) is 10.5. The molecule has 0 bridgehead atoms. The van der Waals surface area contributed by atoms with Gasteiger partial charge in [0.05, 0.1) is 11.0 Å². The standard InChI is InChI=1S/C37H22N4/c1-3-10-24(11-4-1)35-38-36(25-12-5-2-6-13-25)40-37(39-35)26-15-7-16-27(22-26)41-30-19-9-18-29-28-17-8-14-23-20-21-31(41)34(32(23)28)33(29)30/h1-22H. The summed E-state index contributed by atoms with van der Waals surface area (Å²) in [6.07, 6.45) is 0. The number of nitrogens with zero attached hydrogens (tertiary/aromatic N) is 4. The Morgan fingerprint density at radius 3 is 1.66 bits per heavy atom. The van der Waals surface area contributed by atoms with Gasteiger partial charge >= 0.3 is 0 Å². The molecule has 0 unspecified atom stereocenters. The highest BCUT2D eigenvalue weighted by Gasteiger charge is 2.25. The van der Waals surface area contributed by atoms with E-state index in [-0.39, 0.29) is 0 Å². The van der Waals surface area contributed by atoms with E-state index in [1.807, 2.05) is 60.7 Å². The molecule has 41 heavy (non-hydrogen) atoms. The van der Waals surface area contributed by atoms with Gasteiger partial charge in [-0.15, -0.1) is 0 Å². The minimum atomic E-state index is 0.654. The zero-order valence-corrected chi connectivity index (χ0v) is 22.0. The summed E-state index contributed by atoms with van der Waals surface area (Å²) in [5.41, 5.74) is 9.03. The Balaban J connectivity index is 1.27. The molecule has 0 amide bonds. The molecule has 0 saturated carbocycles. The fourth-order valence-electron chi connectivity index (χ4n) is 6.38. The normalized spacial score (nSPS) is 11.9. The van der Waals surface area contributed by atoms with Crippen LogP contribution < -0.4 is 0 Å². The van der Waals surface area contributed by atoms with Gasteiger partial charge in [-0.05, 0) is 46.2 Å². The van der Waals surface area contributed by atoms with Gasteiger partial charge in [0.25, 0.3) is 0 Å². The Morgan fingerprint density at radius 1 is 0.390 bits per heavy atom. The number of fused-ring (bicyclic) bond motifs is 1. The molecule has 2 heterocycles. The van der Waals surface area contributed by atoms with E-state index in [2.05, 4.69) is 77.4 Å². The molecule has 0 aliphatic heterocycles. The van der Waals surface area contributed by atoms with Gasteiger partial charge in [0.2, 0.25) is 0 Å². The monoisotopic (exact) mass is 522 g/mol. The van der Waals surface area contributed by atoms with E-state index in [0.29, 0.717) is 17.5 Å². The second-order valence-corrected chi connectivity index (χ2v) is 10.5. The average molecular weight is 523 g/mol. The fourth-order valence-corrected chi connectivity index (χ4v) is 6.38. The van der Waals surface area contributed by atoms with Gasteiger partial charge in [-0.1, -0.05) is 109 Å². The highest BCUT2D eigenvalue weighted by Crippen LogP contribution is 2.49. The number of hydrogen-bond acceptors (Lipinski definition) is 3. The van der Waals surface area contributed by atoms with Crippen molar-refractivity contribution in [3.63, 3.8) is 0 Å². The number of hydrogen-bond donors (Lipinski definition) is 0. The van der Waals surface area contributed by atoms with Crippen LogP contribution in [0.15, 0.2) is 133 Å². The Kier molecular flexibility index (Phi) is 4.58. The van der Waals surface area contributed by atoms with Crippen molar-refractivity contribution >= 4 is 32.6 Å². The molecule has 4 nitrogen and oxygen atoms in total. The van der Waals surface area contributed by atoms with Crippen LogP contribution in [0.25, 0.3) is 83.6 Å². The minimum Gasteiger partial charge on any atom is -0.309 e. The van der Waals surface area contributed by atoms with Crippen LogP contribution >= 0.6 is 0 Å². The maximum atomic E-state index is 4.96. The predicted molar refractivity (Wildman–Crippen MR) is 167 cm³/mol. The van der Waals surface area contributed by atoms with Gasteiger partial charge in [-0.25, -0.2) is 15.0 Å². The molecule has 1 aliphatic rings. The van der Waals surface area contributed by atoms with E-state index in [1.54, 1.807) is 0 Å². The lowest BCUT2D eigenvalue weighted by Gasteiger charge is -2.13. The number of rotatable bonds is 4. The topological polar surface area (TPSA) is 43.6 Å². The smallest absolute Gasteiger partial charge is 0.164 e. The van der Waals surface area contributed by atoms with Crippen LogP contribution in [0.5, 0.6) is 0 Å². The van der Waals surface area contributed by atoms with E-state index in [1.165, 1.54) is 43.7 Å². The molecule has 9 rings (SSSR count). The lowest BCUT2D eigenvalue weighted by atomic mass is 10.0. The molecule has 0 atom stereocenters. The summed E-state index contributed by atoms with van der Waals surface area (Å²) in [7, 11) is 0. The summed E-state index contributed by atoms with van der Waals surface area (Å²) in [5.74, 6) is 1.98. The Hall–Kier alpha value is -5.61. The van der Waals surface area contributed by atoms with Crippen LogP contribution in [0.3, 0.4) is 0 Å². The molecular weight excluding hydrogens is 500 g/mol. The van der Waals surface area contributed by atoms with Crippen LogP contribution in [-0.4, -0.2) is 19.5 Å². The minimum absolute atomic E-state index is 0.654. The van der Waals surface area contributed by atoms with Gasteiger partial charge in [0.1, 0.15) is 0 Å². The van der Waals surface area contributed by atoms with Crippen LogP contribution in [0.4, 0.5) is 0 Å². The number of aromatic nitrogens is 4. The number of benzene rings is 6. The Bertz CT molecular complexity index is 2240. The lowest BCUT2D eigenvalue weighted by molar-refractivity contribution is 1.07. The van der Waals surface area contributed by atoms with Crippen molar-refractivity contribution in [2.24, 2.45) is 0 Å². The van der Waals surface area contributed by atoms with E-state index in [0.717, 1.165) is 22.4 Å². The molecule has 4 heteroatoms. The first kappa shape index (κ1) is 22.2. The van der Waals surface area contributed by atoms with Crippen molar-refractivity contribution in [1.29, 1.82) is 0 Å². The van der Waals surface area contributed by atoms with Crippen LogP contribution in [-0.2, 0) is 0 Å². The molecule has 0 spiro atoms. The van der Waals surface area contributed by atoms with E-state index in [4.69, 9.17) is 15.0 Å². The summed E-state index contributed by atoms with van der Waals surface area (Å²) in [6, 6.07) is 46.5. The molecule has 8 aromatic rings. The molecule has 2 aromatic heterocycles. The first-order chi connectivity index (χ1) is 20.3. The molecule has 0 radical (unpaired) electrons. The quantitative estimate of drug-likeness (QED) is 0.231. The van der Waals surface area contributed by atoms with Crippen molar-refractivity contribution < 1.29 is 0 Å². The molecule has 0 fully saturated rings. The molecule has 0 N–H and O–H groups in total. The largest absolute Gasteiger partial charge is 0.309 e. The molecule has 6 aromatic carbocycles. The van der Waals surface area contributed by atoms with Gasteiger partial charge in [0, 0.05) is 33.2 Å². The van der Waals surface area contributed by atoms with E-state index in [9.17, 15) is 0 Å². The third-order valence-corrected chi connectivity index (χ3v) is 8.15. The van der Waals surface area contributed by atoms with E-state index < -0.39 is 0 Å². The second kappa shape index (κ2) is 8.44. The zero-order chi connectivity index (χ0) is 26.9. The van der Waals surface area contributed by atoms with Crippen molar-refractivity contribution in [3.05, 3.63) is 133 Å². The lowest BCUT2D eigenvalue weighted by Crippen LogP contribution is -2.01. The maximum absolute atomic E-state index is 4.96. The van der Waals surface area contributed by atoms with Gasteiger partial charge in [0.15, 0.2) is 17.5 Å². The molecule has 1 aliphatic carbocycles. The summed E-state index contributed by atoms with van der Waals surface area (Å²) in [6.45, 7) is 0. The average Bonchev–Trinajstić information content (AvgIpc) is 3.58. The predicted octanol–water partition coefficient (Wildman–Crippen LogP) is 9.10. The summed E-state index contributed by atoms with van der Waals surface area (Å²) < 4.78 is 2.38. The fraction of sp³-hybridized carbons (Fsp3) is 0. The maximum Gasteiger partial charge on any atom is 0.164 e. The summed E-state index contributed by atoms with van der Waals surface area (Å²) in [5, 5.41) is 5.30. The summed E-state index contributed by atoms with van der Waals surface area (Å²) in [4.78, 5) is 14.8. The van der Waals surface area contributed by atoms with Gasteiger partial charge in [-0.2, -0.15) is 0 Å². The van der Waals surface area contributed by atoms with E-state index >= 15 is 0 Å². The molecular formula is C37H22N4. The van der Waals surface area contributed by atoms with Crippen molar-refractivity contribution in [1.82, 2.24) is 19.5 Å². The van der Waals surface area contributed by atoms with Gasteiger partial charge in [-0.3, -0.25) is 0 Å². The van der Waals surface area contributed by atoms with Crippen molar-refractivity contribution in [3.8, 4) is 51.0 Å².